The number of hydrogen-bond acceptors (Lipinski definition) is 5. The van der Waals surface area contributed by atoms with Crippen molar-refractivity contribution in [3.8, 4) is 0 Å². The van der Waals surface area contributed by atoms with Crippen molar-refractivity contribution in [2.75, 3.05) is 31.1 Å². The van der Waals surface area contributed by atoms with Crippen molar-refractivity contribution in [2.45, 2.75) is 18.5 Å². The molecule has 2 heterocycles. The highest BCUT2D eigenvalue weighted by Gasteiger charge is 2.48. The van der Waals surface area contributed by atoms with E-state index < -0.39 is 33.7 Å². The first-order valence-electron chi connectivity index (χ1n) is 7.99. The van der Waals surface area contributed by atoms with Crippen molar-refractivity contribution in [1.82, 2.24) is 9.80 Å². The largest absolute Gasteiger partial charge is 0.481 e. The molecule has 3 rings (SSSR count). The van der Waals surface area contributed by atoms with E-state index in [0.717, 1.165) is 0 Å². The molecule has 1 aromatic rings. The number of aliphatic carboxylic acids is 1. The summed E-state index contributed by atoms with van der Waals surface area (Å²) in [6.45, 7) is 0.980. The van der Waals surface area contributed by atoms with Crippen LogP contribution in [0.1, 0.15) is 16.8 Å². The monoisotopic (exact) mass is 370 g/mol. The number of hydrogen-bond donors (Lipinski definition) is 1. The number of carboxylic acid groups (broad SMARTS) is 1. The van der Waals surface area contributed by atoms with Gasteiger partial charge in [-0.15, -0.1) is 0 Å². The molecule has 0 saturated carbocycles. The minimum atomic E-state index is -3.30. The van der Waals surface area contributed by atoms with Crippen LogP contribution >= 0.6 is 0 Å². The topological polar surface area (TPSA) is 95.0 Å². The molecule has 7 nitrogen and oxygen atoms in total. The number of halogens is 1. The predicted octanol–water partition coefficient (Wildman–Crippen LogP) is 0.224. The van der Waals surface area contributed by atoms with Crippen LogP contribution < -0.4 is 0 Å². The minimum Gasteiger partial charge on any atom is -0.481 e. The lowest BCUT2D eigenvalue weighted by Gasteiger charge is -2.43. The van der Waals surface area contributed by atoms with Crippen molar-refractivity contribution in [2.24, 2.45) is 0 Å². The zero-order valence-electron chi connectivity index (χ0n) is 13.5. The van der Waals surface area contributed by atoms with Crippen LogP contribution in [0.2, 0.25) is 0 Å². The molecule has 2 atom stereocenters. The fourth-order valence-electron chi connectivity index (χ4n) is 3.55. The summed E-state index contributed by atoms with van der Waals surface area (Å²) in [7, 11) is -3.30. The highest BCUT2D eigenvalue weighted by Crippen LogP contribution is 2.28. The number of carboxylic acids is 1. The summed E-state index contributed by atoms with van der Waals surface area (Å²) in [5.41, 5.74) is 0.309. The van der Waals surface area contributed by atoms with E-state index >= 15 is 0 Å². The van der Waals surface area contributed by atoms with E-state index in [1.54, 1.807) is 0 Å². The molecule has 0 aliphatic carbocycles. The van der Waals surface area contributed by atoms with Gasteiger partial charge in [0.15, 0.2) is 9.84 Å². The van der Waals surface area contributed by atoms with E-state index in [0.29, 0.717) is 18.7 Å². The highest BCUT2D eigenvalue weighted by molar-refractivity contribution is 7.91. The van der Waals surface area contributed by atoms with Gasteiger partial charge in [0, 0.05) is 31.2 Å². The van der Waals surface area contributed by atoms with Crippen LogP contribution in [-0.4, -0.2) is 78.4 Å². The van der Waals surface area contributed by atoms with Gasteiger partial charge in [0.1, 0.15) is 5.82 Å². The third-order valence-corrected chi connectivity index (χ3v) is 6.45. The summed E-state index contributed by atoms with van der Waals surface area (Å²) in [4.78, 5) is 26.9. The van der Waals surface area contributed by atoms with Crippen molar-refractivity contribution >= 4 is 21.7 Å². The van der Waals surface area contributed by atoms with Crippen LogP contribution in [0.5, 0.6) is 0 Å². The molecular weight excluding hydrogens is 351 g/mol. The summed E-state index contributed by atoms with van der Waals surface area (Å²) >= 11 is 0. The second-order valence-electron chi connectivity index (χ2n) is 6.40. The summed E-state index contributed by atoms with van der Waals surface area (Å²) in [5.74, 6) is -1.93. The fourth-order valence-corrected chi connectivity index (χ4v) is 5.56. The van der Waals surface area contributed by atoms with Gasteiger partial charge >= 0.3 is 5.97 Å². The fraction of sp³-hybridized carbons (Fsp3) is 0.500. The first-order chi connectivity index (χ1) is 11.8. The van der Waals surface area contributed by atoms with Crippen molar-refractivity contribution in [1.29, 1.82) is 0 Å². The van der Waals surface area contributed by atoms with Crippen LogP contribution in [0, 0.1) is 5.82 Å². The number of sulfone groups is 1. The van der Waals surface area contributed by atoms with E-state index in [1.165, 1.54) is 29.2 Å². The Balaban J connectivity index is 1.81. The van der Waals surface area contributed by atoms with Crippen LogP contribution in [0.15, 0.2) is 24.3 Å². The van der Waals surface area contributed by atoms with Crippen molar-refractivity contribution in [3.63, 3.8) is 0 Å². The van der Waals surface area contributed by atoms with Crippen LogP contribution in [0.25, 0.3) is 0 Å². The number of fused-ring (bicyclic) bond motifs is 1. The van der Waals surface area contributed by atoms with Gasteiger partial charge in [0.25, 0.3) is 5.91 Å². The van der Waals surface area contributed by atoms with E-state index in [4.69, 9.17) is 5.11 Å². The van der Waals surface area contributed by atoms with E-state index in [9.17, 15) is 22.4 Å². The number of carbonyl (C=O) groups is 2. The van der Waals surface area contributed by atoms with Gasteiger partial charge in [0.2, 0.25) is 0 Å². The highest BCUT2D eigenvalue weighted by atomic mass is 32.2. The maximum atomic E-state index is 13.1. The molecule has 2 fully saturated rings. The normalized spacial score (nSPS) is 25.6. The number of nitrogens with zero attached hydrogens (tertiary/aromatic N) is 2. The number of amides is 1. The lowest BCUT2D eigenvalue weighted by Crippen LogP contribution is -2.60. The average Bonchev–Trinajstić information content (AvgIpc) is 2.87. The smallest absolute Gasteiger partial charge is 0.304 e. The second-order valence-corrected chi connectivity index (χ2v) is 8.55. The molecule has 0 aromatic heterocycles. The Morgan fingerprint density at radius 1 is 1.12 bits per heavy atom. The Labute approximate surface area is 144 Å². The quantitative estimate of drug-likeness (QED) is 0.815. The first kappa shape index (κ1) is 17.8. The van der Waals surface area contributed by atoms with Crippen molar-refractivity contribution < 1.29 is 27.5 Å². The Hall–Kier alpha value is -2.00. The van der Waals surface area contributed by atoms with E-state index in [-0.39, 0.29) is 30.4 Å². The Morgan fingerprint density at radius 3 is 2.40 bits per heavy atom. The Bertz CT molecular complexity index is 780. The van der Waals surface area contributed by atoms with Gasteiger partial charge in [0.05, 0.1) is 24.0 Å². The Morgan fingerprint density at radius 2 is 1.76 bits per heavy atom. The van der Waals surface area contributed by atoms with Gasteiger partial charge < -0.3 is 10.0 Å². The lowest BCUT2D eigenvalue weighted by atomic mass is 10.0. The molecule has 1 aromatic carbocycles. The van der Waals surface area contributed by atoms with Gasteiger partial charge in [-0.3, -0.25) is 14.5 Å². The second kappa shape index (κ2) is 6.72. The molecule has 1 amide bonds. The van der Waals surface area contributed by atoms with E-state index in [2.05, 4.69) is 0 Å². The molecule has 9 heteroatoms. The molecule has 0 unspecified atom stereocenters. The maximum Gasteiger partial charge on any atom is 0.304 e. The number of piperazine rings is 1. The molecule has 1 N–H and O–H groups in total. The van der Waals surface area contributed by atoms with Gasteiger partial charge in [-0.2, -0.15) is 0 Å². The molecule has 0 bridgehead atoms. The standard InChI is InChI=1S/C16H19FN2O5S/c17-12-3-1-11(2-4-12)16(22)19-8-7-18(6-5-15(20)21)13-9-25(23,24)10-14(13)19/h1-4,13-14H,5-10H2,(H,20,21)/t13-,14+/m1/s1. The van der Waals surface area contributed by atoms with Crippen LogP contribution in [-0.2, 0) is 14.6 Å². The maximum absolute atomic E-state index is 13.1. The molecule has 0 spiro atoms. The summed E-state index contributed by atoms with van der Waals surface area (Å²) in [6.07, 6.45) is -0.0742. The van der Waals surface area contributed by atoms with Crippen LogP contribution in [0.3, 0.4) is 0 Å². The average molecular weight is 370 g/mol. The summed E-state index contributed by atoms with van der Waals surface area (Å²) in [5, 5.41) is 8.86. The number of benzene rings is 1. The lowest BCUT2D eigenvalue weighted by molar-refractivity contribution is -0.137. The summed E-state index contributed by atoms with van der Waals surface area (Å²) < 4.78 is 37.3. The molecular formula is C16H19FN2O5S. The van der Waals surface area contributed by atoms with Crippen LogP contribution in [0.4, 0.5) is 4.39 Å². The van der Waals surface area contributed by atoms with E-state index in [1.807, 2.05) is 4.90 Å². The molecule has 0 radical (unpaired) electrons. The Kier molecular flexibility index (Phi) is 4.79. The summed E-state index contributed by atoms with van der Waals surface area (Å²) in [6, 6.07) is 4.24. The first-order valence-corrected chi connectivity index (χ1v) is 9.82. The SMILES string of the molecule is O=C(O)CCN1CCN(C(=O)c2ccc(F)cc2)[C@H]2CS(=O)(=O)C[C@H]21. The third kappa shape index (κ3) is 3.82. The molecule has 2 aliphatic heterocycles. The number of carbonyl (C=O) groups excluding carboxylic acids is 1. The predicted molar refractivity (Wildman–Crippen MR) is 87.5 cm³/mol. The van der Waals surface area contributed by atoms with Gasteiger partial charge in [-0.05, 0) is 24.3 Å². The zero-order valence-corrected chi connectivity index (χ0v) is 14.3. The third-order valence-electron chi connectivity index (χ3n) is 4.76. The molecule has 136 valence electrons. The van der Waals surface area contributed by atoms with Crippen molar-refractivity contribution in [3.05, 3.63) is 35.6 Å². The number of rotatable bonds is 4. The zero-order chi connectivity index (χ0) is 18.2. The molecule has 2 saturated heterocycles. The molecule has 25 heavy (non-hydrogen) atoms. The minimum absolute atomic E-state index is 0.0742. The van der Waals surface area contributed by atoms with Gasteiger partial charge in [-0.25, -0.2) is 12.8 Å². The van der Waals surface area contributed by atoms with Gasteiger partial charge in [-0.1, -0.05) is 0 Å². The molecule has 2 aliphatic rings.